The summed E-state index contributed by atoms with van der Waals surface area (Å²) in [6.07, 6.45) is 0. The van der Waals surface area contributed by atoms with Gasteiger partial charge in [0.1, 0.15) is 5.69 Å². The van der Waals surface area contributed by atoms with E-state index in [-0.39, 0.29) is 11.6 Å². The van der Waals surface area contributed by atoms with E-state index >= 15 is 0 Å². The smallest absolute Gasteiger partial charge is 0.354 e. The highest BCUT2D eigenvalue weighted by atomic mass is 16.5. The van der Waals surface area contributed by atoms with Gasteiger partial charge < -0.3 is 20.1 Å². The van der Waals surface area contributed by atoms with Gasteiger partial charge in [-0.15, -0.1) is 0 Å². The summed E-state index contributed by atoms with van der Waals surface area (Å²) in [4.78, 5) is 26.9. The first-order chi connectivity index (χ1) is 14.6. The number of carbonyl (C=O) groups is 2. The second kappa shape index (κ2) is 8.13. The molecular formula is C24H20N2O4. The SMILES string of the molecule is COC(=O)c1[nH]c2ccccc2c1C(Nc1ccc(C(=O)O)cc1)c1ccccc1. The first-order valence-corrected chi connectivity index (χ1v) is 9.42. The van der Waals surface area contributed by atoms with E-state index in [4.69, 9.17) is 9.84 Å². The monoisotopic (exact) mass is 400 g/mol. The predicted molar refractivity (Wildman–Crippen MR) is 115 cm³/mol. The van der Waals surface area contributed by atoms with Crippen molar-refractivity contribution < 1.29 is 19.4 Å². The number of carboxylic acids is 1. The fourth-order valence-corrected chi connectivity index (χ4v) is 3.57. The van der Waals surface area contributed by atoms with Crippen molar-refractivity contribution in [1.29, 1.82) is 0 Å². The Morgan fingerprint density at radius 3 is 2.27 bits per heavy atom. The molecule has 150 valence electrons. The largest absolute Gasteiger partial charge is 0.478 e. The highest BCUT2D eigenvalue weighted by Crippen LogP contribution is 2.35. The average Bonchev–Trinajstić information content (AvgIpc) is 3.17. The Balaban J connectivity index is 1.87. The number of aromatic nitrogens is 1. The van der Waals surface area contributed by atoms with Crippen LogP contribution in [0.3, 0.4) is 0 Å². The number of carbonyl (C=O) groups excluding carboxylic acids is 1. The number of ether oxygens (including phenoxy) is 1. The van der Waals surface area contributed by atoms with Gasteiger partial charge >= 0.3 is 11.9 Å². The summed E-state index contributed by atoms with van der Waals surface area (Å²) >= 11 is 0. The number of hydrogen-bond acceptors (Lipinski definition) is 4. The van der Waals surface area contributed by atoms with Gasteiger partial charge in [-0.2, -0.15) is 0 Å². The highest BCUT2D eigenvalue weighted by Gasteiger charge is 2.26. The number of nitrogens with one attached hydrogen (secondary N) is 2. The lowest BCUT2D eigenvalue weighted by molar-refractivity contribution is 0.0592. The van der Waals surface area contributed by atoms with Gasteiger partial charge in [0.2, 0.25) is 0 Å². The molecule has 0 fully saturated rings. The molecule has 1 heterocycles. The normalized spacial score (nSPS) is 11.8. The minimum atomic E-state index is -0.981. The Morgan fingerprint density at radius 2 is 1.60 bits per heavy atom. The van der Waals surface area contributed by atoms with Crippen LogP contribution in [0.5, 0.6) is 0 Å². The number of anilines is 1. The van der Waals surface area contributed by atoms with E-state index in [1.54, 1.807) is 24.3 Å². The maximum Gasteiger partial charge on any atom is 0.354 e. The molecule has 6 heteroatoms. The summed E-state index contributed by atoms with van der Waals surface area (Å²) in [5, 5.41) is 13.5. The molecule has 0 radical (unpaired) electrons. The van der Waals surface area contributed by atoms with E-state index in [2.05, 4.69) is 10.3 Å². The number of aromatic carboxylic acids is 1. The van der Waals surface area contributed by atoms with E-state index in [1.807, 2.05) is 54.6 Å². The molecule has 30 heavy (non-hydrogen) atoms. The number of H-pyrrole nitrogens is 1. The molecule has 1 aromatic heterocycles. The van der Waals surface area contributed by atoms with Crippen LogP contribution in [0.1, 0.15) is 38.0 Å². The van der Waals surface area contributed by atoms with Gasteiger partial charge in [-0.25, -0.2) is 9.59 Å². The lowest BCUT2D eigenvalue weighted by Crippen LogP contribution is -2.16. The molecule has 0 aliphatic carbocycles. The van der Waals surface area contributed by atoms with Crippen LogP contribution in [0.15, 0.2) is 78.9 Å². The van der Waals surface area contributed by atoms with Crippen LogP contribution in [0.2, 0.25) is 0 Å². The molecule has 0 amide bonds. The van der Waals surface area contributed by atoms with E-state index in [9.17, 15) is 9.59 Å². The molecule has 6 nitrogen and oxygen atoms in total. The van der Waals surface area contributed by atoms with Crippen molar-refractivity contribution >= 4 is 28.5 Å². The lowest BCUT2D eigenvalue weighted by Gasteiger charge is -2.22. The molecule has 0 spiro atoms. The van der Waals surface area contributed by atoms with Crippen LogP contribution in [0.25, 0.3) is 10.9 Å². The number of carboxylic acid groups (broad SMARTS) is 1. The van der Waals surface area contributed by atoms with Crippen molar-refractivity contribution in [3.05, 3.63) is 101 Å². The van der Waals surface area contributed by atoms with Gasteiger partial charge in [0.05, 0.1) is 18.7 Å². The lowest BCUT2D eigenvalue weighted by atomic mass is 9.95. The van der Waals surface area contributed by atoms with Gasteiger partial charge in [0, 0.05) is 22.2 Å². The molecule has 1 unspecified atom stereocenters. The molecule has 0 aliphatic rings. The number of methoxy groups -OCH3 is 1. The third-order valence-corrected chi connectivity index (χ3v) is 5.00. The number of esters is 1. The first-order valence-electron chi connectivity index (χ1n) is 9.42. The molecule has 4 rings (SSSR count). The van der Waals surface area contributed by atoms with Gasteiger partial charge in [-0.3, -0.25) is 0 Å². The third-order valence-electron chi connectivity index (χ3n) is 5.00. The zero-order chi connectivity index (χ0) is 21.1. The van der Waals surface area contributed by atoms with Gasteiger partial charge in [0.15, 0.2) is 0 Å². The van der Waals surface area contributed by atoms with Crippen LogP contribution in [0.4, 0.5) is 5.69 Å². The number of hydrogen-bond donors (Lipinski definition) is 3. The van der Waals surface area contributed by atoms with Gasteiger partial charge in [-0.05, 0) is 35.9 Å². The van der Waals surface area contributed by atoms with Crippen molar-refractivity contribution in [2.75, 3.05) is 12.4 Å². The van der Waals surface area contributed by atoms with Crippen LogP contribution in [-0.4, -0.2) is 29.1 Å². The van der Waals surface area contributed by atoms with Crippen molar-refractivity contribution in [1.82, 2.24) is 4.98 Å². The topological polar surface area (TPSA) is 91.4 Å². The summed E-state index contributed by atoms with van der Waals surface area (Å²) < 4.78 is 5.02. The third kappa shape index (κ3) is 3.63. The Bertz CT molecular complexity index is 1200. The van der Waals surface area contributed by atoms with E-state index in [1.165, 1.54) is 7.11 Å². The second-order valence-electron chi connectivity index (χ2n) is 6.82. The average molecular weight is 400 g/mol. The summed E-state index contributed by atoms with van der Waals surface area (Å²) in [5.74, 6) is -1.43. The number of rotatable bonds is 6. The molecule has 4 aromatic rings. The Kier molecular flexibility index (Phi) is 5.22. The summed E-state index contributed by atoms with van der Waals surface area (Å²) in [6.45, 7) is 0. The van der Waals surface area contributed by atoms with Crippen LogP contribution >= 0.6 is 0 Å². The zero-order valence-electron chi connectivity index (χ0n) is 16.3. The van der Waals surface area contributed by atoms with Crippen molar-refractivity contribution in [2.24, 2.45) is 0 Å². The van der Waals surface area contributed by atoms with Gasteiger partial charge in [-0.1, -0.05) is 48.5 Å². The fourth-order valence-electron chi connectivity index (χ4n) is 3.57. The Hall–Kier alpha value is -4.06. The molecule has 0 aliphatic heterocycles. The summed E-state index contributed by atoms with van der Waals surface area (Å²) in [7, 11) is 1.35. The molecule has 1 atom stereocenters. The predicted octanol–water partition coefficient (Wildman–Crippen LogP) is 4.85. The van der Waals surface area contributed by atoms with E-state index < -0.39 is 11.9 Å². The van der Waals surface area contributed by atoms with Crippen LogP contribution < -0.4 is 5.32 Å². The number of para-hydroxylation sites is 1. The minimum absolute atomic E-state index is 0.208. The maximum atomic E-state index is 12.6. The highest BCUT2D eigenvalue weighted by molar-refractivity contribution is 5.99. The van der Waals surface area contributed by atoms with Crippen molar-refractivity contribution in [2.45, 2.75) is 6.04 Å². The molecular weight excluding hydrogens is 380 g/mol. The fraction of sp³-hybridized carbons (Fsp3) is 0.0833. The van der Waals surface area contributed by atoms with Crippen molar-refractivity contribution in [3.8, 4) is 0 Å². The number of benzene rings is 3. The molecule has 0 saturated heterocycles. The number of fused-ring (bicyclic) bond motifs is 1. The Labute approximate surface area is 173 Å². The van der Waals surface area contributed by atoms with Crippen molar-refractivity contribution in [3.63, 3.8) is 0 Å². The second-order valence-corrected chi connectivity index (χ2v) is 6.82. The molecule has 3 aromatic carbocycles. The summed E-state index contributed by atoms with van der Waals surface area (Å²) in [6, 6.07) is 23.6. The number of aromatic amines is 1. The maximum absolute atomic E-state index is 12.6. The van der Waals surface area contributed by atoms with E-state index in [0.717, 1.165) is 27.7 Å². The zero-order valence-corrected chi connectivity index (χ0v) is 16.3. The van der Waals surface area contributed by atoms with Crippen LogP contribution in [0, 0.1) is 0 Å². The molecule has 0 bridgehead atoms. The first kappa shape index (κ1) is 19.3. The minimum Gasteiger partial charge on any atom is -0.478 e. The quantitative estimate of drug-likeness (QED) is 0.402. The molecule has 3 N–H and O–H groups in total. The van der Waals surface area contributed by atoms with Crippen LogP contribution in [-0.2, 0) is 4.74 Å². The standard InChI is InChI=1S/C24H20N2O4/c1-30-24(29)22-20(18-9-5-6-10-19(18)26-22)21(15-7-3-2-4-8-15)25-17-13-11-16(12-14-17)23(27)28/h2-14,21,25-26H,1H3,(H,27,28). The van der Waals surface area contributed by atoms with E-state index in [0.29, 0.717) is 5.69 Å². The van der Waals surface area contributed by atoms with Gasteiger partial charge in [0.25, 0.3) is 0 Å². The Morgan fingerprint density at radius 1 is 0.933 bits per heavy atom. The molecule has 0 saturated carbocycles. The summed E-state index contributed by atoms with van der Waals surface area (Å²) in [5.41, 5.74) is 3.87.